The molecule has 1 aromatic heterocycles. The van der Waals surface area contributed by atoms with Crippen LogP contribution in [0.25, 0.3) is 0 Å². The summed E-state index contributed by atoms with van der Waals surface area (Å²) in [5, 5.41) is 2.97. The van der Waals surface area contributed by atoms with Gasteiger partial charge in [0, 0.05) is 43.5 Å². The van der Waals surface area contributed by atoms with Gasteiger partial charge in [0.15, 0.2) is 0 Å². The number of rotatable bonds is 4. The number of amides is 2. The Morgan fingerprint density at radius 1 is 1.43 bits per heavy atom. The molecule has 0 aliphatic carbocycles. The van der Waals surface area contributed by atoms with Crippen molar-refractivity contribution in [3.63, 3.8) is 0 Å². The van der Waals surface area contributed by atoms with E-state index in [1.165, 1.54) is 5.69 Å². The van der Waals surface area contributed by atoms with Crippen LogP contribution in [0.5, 0.6) is 0 Å². The number of nitrogens with one attached hydrogen (secondary N) is 1. The second kappa shape index (κ2) is 6.50. The fraction of sp³-hybridized carbons (Fsp3) is 0.750. The molecular formula is C16H28N4O. The van der Waals surface area contributed by atoms with Gasteiger partial charge in [-0.15, -0.1) is 0 Å². The fourth-order valence-corrected chi connectivity index (χ4v) is 3.13. The zero-order valence-electron chi connectivity index (χ0n) is 13.9. The van der Waals surface area contributed by atoms with Crippen molar-refractivity contribution in [2.45, 2.75) is 59.5 Å². The lowest BCUT2D eigenvalue weighted by Gasteiger charge is -2.19. The van der Waals surface area contributed by atoms with E-state index in [0.717, 1.165) is 31.8 Å². The van der Waals surface area contributed by atoms with E-state index < -0.39 is 0 Å². The maximum atomic E-state index is 12.0. The van der Waals surface area contributed by atoms with Gasteiger partial charge >= 0.3 is 6.03 Å². The number of imidazole rings is 1. The molecule has 1 fully saturated rings. The van der Waals surface area contributed by atoms with Crippen molar-refractivity contribution >= 4 is 6.03 Å². The topological polar surface area (TPSA) is 50.2 Å². The Labute approximate surface area is 127 Å². The SMILES string of the molecule is Cc1cnc(CC2CCN(C(=O)NC(C)C)C2)n1C(C)C. The number of aryl methyl sites for hydroxylation is 1. The van der Waals surface area contributed by atoms with Crippen molar-refractivity contribution < 1.29 is 4.79 Å². The molecule has 118 valence electrons. The minimum atomic E-state index is 0.0656. The first-order valence-corrected chi connectivity index (χ1v) is 7.96. The highest BCUT2D eigenvalue weighted by atomic mass is 16.2. The van der Waals surface area contributed by atoms with Crippen molar-refractivity contribution in [1.82, 2.24) is 19.8 Å². The Kier molecular flexibility index (Phi) is 4.91. The summed E-state index contributed by atoms with van der Waals surface area (Å²) in [5.41, 5.74) is 1.22. The number of likely N-dealkylation sites (tertiary alicyclic amines) is 1. The summed E-state index contributed by atoms with van der Waals surface area (Å²) in [5.74, 6) is 1.67. The third kappa shape index (κ3) is 3.77. The molecule has 1 atom stereocenters. The number of hydrogen-bond donors (Lipinski definition) is 1. The van der Waals surface area contributed by atoms with E-state index in [4.69, 9.17) is 0 Å². The minimum Gasteiger partial charge on any atom is -0.336 e. The first-order valence-electron chi connectivity index (χ1n) is 7.96. The van der Waals surface area contributed by atoms with E-state index in [9.17, 15) is 4.79 Å². The van der Waals surface area contributed by atoms with Gasteiger partial charge in [0.25, 0.3) is 0 Å². The van der Waals surface area contributed by atoms with Crippen molar-refractivity contribution in [1.29, 1.82) is 0 Å². The monoisotopic (exact) mass is 292 g/mol. The molecule has 0 saturated carbocycles. The summed E-state index contributed by atoms with van der Waals surface area (Å²) in [6, 6.07) is 0.694. The minimum absolute atomic E-state index is 0.0656. The zero-order valence-corrected chi connectivity index (χ0v) is 13.9. The van der Waals surface area contributed by atoms with E-state index in [2.05, 4.69) is 35.6 Å². The van der Waals surface area contributed by atoms with E-state index in [1.807, 2.05) is 24.9 Å². The highest BCUT2D eigenvalue weighted by Crippen LogP contribution is 2.22. The number of carbonyl (C=O) groups is 1. The van der Waals surface area contributed by atoms with Crippen LogP contribution >= 0.6 is 0 Å². The van der Waals surface area contributed by atoms with Crippen molar-refractivity contribution in [2.75, 3.05) is 13.1 Å². The van der Waals surface area contributed by atoms with E-state index in [1.54, 1.807) is 0 Å². The predicted octanol–water partition coefficient (Wildman–Crippen LogP) is 2.75. The van der Waals surface area contributed by atoms with Crippen LogP contribution in [0.1, 0.15) is 51.7 Å². The van der Waals surface area contributed by atoms with Gasteiger partial charge in [0.1, 0.15) is 5.82 Å². The molecule has 0 bridgehead atoms. The highest BCUT2D eigenvalue weighted by Gasteiger charge is 2.28. The van der Waals surface area contributed by atoms with E-state index >= 15 is 0 Å². The lowest BCUT2D eigenvalue weighted by atomic mass is 10.0. The number of urea groups is 1. The third-order valence-corrected chi connectivity index (χ3v) is 4.03. The van der Waals surface area contributed by atoms with Crippen LogP contribution in [-0.4, -0.2) is 39.6 Å². The molecule has 0 aromatic carbocycles. The quantitative estimate of drug-likeness (QED) is 0.927. The maximum absolute atomic E-state index is 12.0. The second-order valence-corrected chi connectivity index (χ2v) is 6.69. The summed E-state index contributed by atoms with van der Waals surface area (Å²) >= 11 is 0. The van der Waals surface area contributed by atoms with Crippen LogP contribution < -0.4 is 5.32 Å². The molecule has 2 heterocycles. The van der Waals surface area contributed by atoms with Crippen LogP contribution in [0.4, 0.5) is 4.79 Å². The molecular weight excluding hydrogens is 264 g/mol. The maximum Gasteiger partial charge on any atom is 0.317 e. The van der Waals surface area contributed by atoms with Crippen LogP contribution in [0.15, 0.2) is 6.20 Å². The van der Waals surface area contributed by atoms with Gasteiger partial charge in [-0.25, -0.2) is 9.78 Å². The van der Waals surface area contributed by atoms with Gasteiger partial charge in [0.05, 0.1) is 0 Å². The Hall–Kier alpha value is -1.52. The lowest BCUT2D eigenvalue weighted by Crippen LogP contribution is -2.41. The molecule has 1 aromatic rings. The van der Waals surface area contributed by atoms with Gasteiger partial charge in [-0.2, -0.15) is 0 Å². The summed E-state index contributed by atoms with van der Waals surface area (Å²) in [6.45, 7) is 12.2. The molecule has 1 aliphatic heterocycles. The summed E-state index contributed by atoms with van der Waals surface area (Å²) < 4.78 is 2.30. The summed E-state index contributed by atoms with van der Waals surface area (Å²) in [4.78, 5) is 18.5. The Bertz CT molecular complexity index is 492. The Morgan fingerprint density at radius 3 is 2.76 bits per heavy atom. The average Bonchev–Trinajstić information content (AvgIpc) is 2.96. The lowest BCUT2D eigenvalue weighted by molar-refractivity contribution is 0.204. The fourth-order valence-electron chi connectivity index (χ4n) is 3.13. The third-order valence-electron chi connectivity index (χ3n) is 4.03. The average molecular weight is 292 g/mol. The summed E-state index contributed by atoms with van der Waals surface area (Å²) in [7, 11) is 0. The van der Waals surface area contributed by atoms with Gasteiger partial charge in [-0.3, -0.25) is 0 Å². The molecule has 1 aliphatic rings. The first kappa shape index (κ1) is 15.9. The van der Waals surface area contributed by atoms with Crippen LogP contribution in [0.3, 0.4) is 0 Å². The smallest absolute Gasteiger partial charge is 0.317 e. The first-order chi connectivity index (χ1) is 9.88. The Morgan fingerprint density at radius 2 is 2.14 bits per heavy atom. The van der Waals surface area contributed by atoms with Gasteiger partial charge in [-0.1, -0.05) is 0 Å². The van der Waals surface area contributed by atoms with Crippen LogP contribution in [0, 0.1) is 12.8 Å². The van der Waals surface area contributed by atoms with Crippen LogP contribution in [0.2, 0.25) is 0 Å². The standard InChI is InChI=1S/C16H28N4O/c1-11(2)18-16(21)19-7-6-14(10-19)8-15-17-9-13(5)20(15)12(3)4/h9,11-12,14H,6-8,10H2,1-5H3,(H,18,21). The molecule has 2 amide bonds. The molecule has 1 saturated heterocycles. The summed E-state index contributed by atoms with van der Waals surface area (Å²) in [6.07, 6.45) is 3.97. The zero-order chi connectivity index (χ0) is 15.6. The van der Waals surface area contributed by atoms with E-state index in [0.29, 0.717) is 12.0 Å². The molecule has 0 radical (unpaired) electrons. The molecule has 1 unspecified atom stereocenters. The molecule has 21 heavy (non-hydrogen) atoms. The second-order valence-electron chi connectivity index (χ2n) is 6.69. The van der Waals surface area contributed by atoms with E-state index in [-0.39, 0.29) is 12.1 Å². The van der Waals surface area contributed by atoms with Gasteiger partial charge < -0.3 is 14.8 Å². The van der Waals surface area contributed by atoms with Crippen LogP contribution in [-0.2, 0) is 6.42 Å². The highest BCUT2D eigenvalue weighted by molar-refractivity contribution is 5.74. The van der Waals surface area contributed by atoms with Gasteiger partial charge in [0.2, 0.25) is 0 Å². The Balaban J connectivity index is 1.96. The number of nitrogens with zero attached hydrogens (tertiary/aromatic N) is 3. The molecule has 5 heteroatoms. The predicted molar refractivity (Wildman–Crippen MR) is 84.4 cm³/mol. The van der Waals surface area contributed by atoms with Crippen molar-refractivity contribution in [3.05, 3.63) is 17.7 Å². The number of carbonyl (C=O) groups excluding carboxylic acids is 1. The molecule has 0 spiro atoms. The molecule has 5 nitrogen and oxygen atoms in total. The molecule has 1 N–H and O–H groups in total. The van der Waals surface area contributed by atoms with Crippen molar-refractivity contribution in [2.24, 2.45) is 5.92 Å². The number of aromatic nitrogens is 2. The normalized spacial score (nSPS) is 18.8. The molecule has 2 rings (SSSR count). The number of hydrogen-bond acceptors (Lipinski definition) is 2. The van der Waals surface area contributed by atoms with Crippen molar-refractivity contribution in [3.8, 4) is 0 Å². The largest absolute Gasteiger partial charge is 0.336 e. The van der Waals surface area contributed by atoms with Gasteiger partial charge in [-0.05, 0) is 47.0 Å².